The third kappa shape index (κ3) is 5.69. The fraction of sp³-hybridized carbons (Fsp3) is 0.600. The Morgan fingerprint density at radius 1 is 1.14 bits per heavy atom. The molecule has 0 radical (unpaired) electrons. The second-order valence-corrected chi connectivity index (χ2v) is 5.25. The molecule has 21 heavy (non-hydrogen) atoms. The first kappa shape index (κ1) is 15.7. The first-order chi connectivity index (χ1) is 10.3. The van der Waals surface area contributed by atoms with E-state index in [1.165, 1.54) is 44.5 Å². The number of nitrogens with one attached hydrogen (secondary N) is 1. The average Bonchev–Trinajstić information content (AvgIpc) is 2.52. The summed E-state index contributed by atoms with van der Waals surface area (Å²) in [7, 11) is 0. The predicted octanol–water partition coefficient (Wildman–Crippen LogP) is 2.05. The second-order valence-electron chi connectivity index (χ2n) is 5.25. The molecule has 0 spiro atoms. The molecule has 6 nitrogen and oxygen atoms in total. The number of non-ortho nitro benzene ring substituents is 1. The Hall–Kier alpha value is -1.66. The summed E-state index contributed by atoms with van der Waals surface area (Å²) in [4.78, 5) is 12.6. The Labute approximate surface area is 125 Å². The minimum absolute atomic E-state index is 0.0852. The number of benzene rings is 1. The van der Waals surface area contributed by atoms with Gasteiger partial charge in [-0.15, -0.1) is 0 Å². The highest BCUT2D eigenvalue weighted by Crippen LogP contribution is 2.16. The van der Waals surface area contributed by atoms with Crippen LogP contribution in [0.2, 0.25) is 0 Å². The van der Waals surface area contributed by atoms with Crippen LogP contribution >= 0.6 is 0 Å². The molecule has 0 unspecified atom stereocenters. The molecular weight excluding hydrogens is 270 g/mol. The lowest BCUT2D eigenvalue weighted by Crippen LogP contribution is -2.36. The number of hydrogen-bond donors (Lipinski definition) is 1. The summed E-state index contributed by atoms with van der Waals surface area (Å²) in [6.45, 7) is 5.87. The SMILES string of the molecule is O=[N+]([O-])c1ccc(OCCNCCN2CCCCC2)cc1. The number of nitrogens with zero attached hydrogens (tertiary/aromatic N) is 2. The van der Waals surface area contributed by atoms with Crippen molar-refractivity contribution in [1.82, 2.24) is 10.2 Å². The number of ether oxygens (including phenoxy) is 1. The van der Waals surface area contributed by atoms with Crippen LogP contribution in [0.5, 0.6) is 5.75 Å². The first-order valence-corrected chi connectivity index (χ1v) is 7.56. The van der Waals surface area contributed by atoms with E-state index < -0.39 is 4.92 Å². The van der Waals surface area contributed by atoms with E-state index in [1.807, 2.05) is 0 Å². The molecule has 1 heterocycles. The molecular formula is C15H23N3O3. The van der Waals surface area contributed by atoms with Crippen molar-refractivity contribution in [3.05, 3.63) is 34.4 Å². The van der Waals surface area contributed by atoms with E-state index >= 15 is 0 Å². The highest BCUT2D eigenvalue weighted by molar-refractivity contribution is 5.35. The van der Waals surface area contributed by atoms with Gasteiger partial charge in [-0.05, 0) is 38.1 Å². The summed E-state index contributed by atoms with van der Waals surface area (Å²) in [6.07, 6.45) is 4.01. The van der Waals surface area contributed by atoms with Gasteiger partial charge >= 0.3 is 0 Å². The van der Waals surface area contributed by atoms with Gasteiger partial charge in [-0.2, -0.15) is 0 Å². The van der Waals surface area contributed by atoms with Gasteiger partial charge in [0.15, 0.2) is 0 Å². The largest absolute Gasteiger partial charge is 0.492 e. The molecule has 1 saturated heterocycles. The van der Waals surface area contributed by atoms with Crippen LogP contribution in [0.1, 0.15) is 19.3 Å². The maximum atomic E-state index is 10.5. The first-order valence-electron chi connectivity index (χ1n) is 7.56. The number of nitro groups is 1. The van der Waals surface area contributed by atoms with E-state index in [4.69, 9.17) is 4.74 Å². The van der Waals surface area contributed by atoms with Gasteiger partial charge in [0.2, 0.25) is 0 Å². The highest BCUT2D eigenvalue weighted by atomic mass is 16.6. The van der Waals surface area contributed by atoms with Crippen LogP contribution in [0, 0.1) is 10.1 Å². The van der Waals surface area contributed by atoms with Crippen molar-refractivity contribution >= 4 is 5.69 Å². The second kappa shape index (κ2) is 8.59. The Morgan fingerprint density at radius 2 is 1.86 bits per heavy atom. The Kier molecular flexibility index (Phi) is 6.43. The van der Waals surface area contributed by atoms with Crippen molar-refractivity contribution in [2.75, 3.05) is 39.3 Å². The summed E-state index contributed by atoms with van der Waals surface area (Å²) in [5.41, 5.74) is 0.0852. The van der Waals surface area contributed by atoms with Crippen molar-refractivity contribution in [1.29, 1.82) is 0 Å². The van der Waals surface area contributed by atoms with E-state index in [-0.39, 0.29) is 5.69 Å². The zero-order chi connectivity index (χ0) is 14.9. The normalized spacial score (nSPS) is 15.8. The number of piperidine rings is 1. The van der Waals surface area contributed by atoms with Crippen molar-refractivity contribution in [2.24, 2.45) is 0 Å². The van der Waals surface area contributed by atoms with Crippen LogP contribution < -0.4 is 10.1 Å². The van der Waals surface area contributed by atoms with Crippen LogP contribution in [-0.2, 0) is 0 Å². The minimum atomic E-state index is -0.411. The molecule has 1 N–H and O–H groups in total. The molecule has 0 saturated carbocycles. The molecule has 1 aromatic rings. The third-order valence-corrected chi connectivity index (χ3v) is 3.65. The van der Waals surface area contributed by atoms with E-state index in [0.717, 1.165) is 19.6 Å². The molecule has 0 bridgehead atoms. The fourth-order valence-corrected chi connectivity index (χ4v) is 2.45. The molecule has 1 fully saturated rings. The van der Waals surface area contributed by atoms with E-state index in [1.54, 1.807) is 12.1 Å². The lowest BCUT2D eigenvalue weighted by Gasteiger charge is -2.26. The summed E-state index contributed by atoms with van der Waals surface area (Å²) >= 11 is 0. The highest BCUT2D eigenvalue weighted by Gasteiger charge is 2.08. The third-order valence-electron chi connectivity index (χ3n) is 3.65. The molecule has 1 aliphatic rings. The predicted molar refractivity (Wildman–Crippen MR) is 81.8 cm³/mol. The molecule has 2 rings (SSSR count). The van der Waals surface area contributed by atoms with Gasteiger partial charge in [0.1, 0.15) is 12.4 Å². The number of likely N-dealkylation sites (tertiary alicyclic amines) is 1. The van der Waals surface area contributed by atoms with Gasteiger partial charge in [-0.1, -0.05) is 6.42 Å². The van der Waals surface area contributed by atoms with Gasteiger partial charge in [0, 0.05) is 31.8 Å². The van der Waals surface area contributed by atoms with Gasteiger partial charge < -0.3 is 15.0 Å². The summed E-state index contributed by atoms with van der Waals surface area (Å²) in [5, 5.41) is 13.9. The summed E-state index contributed by atoms with van der Waals surface area (Å²) in [6, 6.07) is 6.18. The molecule has 0 atom stereocenters. The van der Waals surface area contributed by atoms with Crippen LogP contribution in [0.15, 0.2) is 24.3 Å². The standard InChI is InChI=1S/C15H23N3O3/c19-18(20)14-4-6-15(7-5-14)21-13-9-16-8-12-17-10-2-1-3-11-17/h4-7,16H,1-3,8-13H2. The maximum Gasteiger partial charge on any atom is 0.269 e. The Morgan fingerprint density at radius 3 is 2.52 bits per heavy atom. The van der Waals surface area contributed by atoms with Gasteiger partial charge in [0.05, 0.1) is 4.92 Å². The fourth-order valence-electron chi connectivity index (χ4n) is 2.45. The van der Waals surface area contributed by atoms with Crippen molar-refractivity contribution in [3.63, 3.8) is 0 Å². The zero-order valence-corrected chi connectivity index (χ0v) is 12.3. The summed E-state index contributed by atoms with van der Waals surface area (Å²) < 4.78 is 5.53. The van der Waals surface area contributed by atoms with Gasteiger partial charge in [-0.25, -0.2) is 0 Å². The molecule has 1 aromatic carbocycles. The van der Waals surface area contributed by atoms with Crippen LogP contribution in [0.4, 0.5) is 5.69 Å². The van der Waals surface area contributed by atoms with Crippen LogP contribution in [0.3, 0.4) is 0 Å². The average molecular weight is 293 g/mol. The Bertz CT molecular complexity index is 430. The molecule has 1 aliphatic heterocycles. The van der Waals surface area contributed by atoms with Gasteiger partial charge in [0.25, 0.3) is 5.69 Å². The molecule has 0 aliphatic carbocycles. The molecule has 116 valence electrons. The van der Waals surface area contributed by atoms with Crippen LogP contribution in [0.25, 0.3) is 0 Å². The number of rotatable bonds is 8. The molecule has 0 aromatic heterocycles. The summed E-state index contributed by atoms with van der Waals surface area (Å²) in [5.74, 6) is 0.665. The maximum absolute atomic E-state index is 10.5. The number of nitro benzene ring substituents is 1. The molecule has 6 heteroatoms. The monoisotopic (exact) mass is 293 g/mol. The lowest BCUT2D eigenvalue weighted by molar-refractivity contribution is -0.384. The van der Waals surface area contributed by atoms with Crippen molar-refractivity contribution in [3.8, 4) is 5.75 Å². The number of hydrogen-bond acceptors (Lipinski definition) is 5. The van der Waals surface area contributed by atoms with Crippen LogP contribution in [-0.4, -0.2) is 49.2 Å². The Balaban J connectivity index is 1.54. The minimum Gasteiger partial charge on any atom is -0.492 e. The van der Waals surface area contributed by atoms with E-state index in [0.29, 0.717) is 12.4 Å². The van der Waals surface area contributed by atoms with Gasteiger partial charge in [-0.3, -0.25) is 10.1 Å². The van der Waals surface area contributed by atoms with E-state index in [9.17, 15) is 10.1 Å². The van der Waals surface area contributed by atoms with Crippen molar-refractivity contribution < 1.29 is 9.66 Å². The zero-order valence-electron chi connectivity index (χ0n) is 12.3. The molecule has 0 amide bonds. The van der Waals surface area contributed by atoms with E-state index in [2.05, 4.69) is 10.2 Å². The topological polar surface area (TPSA) is 67.6 Å². The smallest absolute Gasteiger partial charge is 0.269 e. The quantitative estimate of drug-likeness (QED) is 0.451. The lowest BCUT2D eigenvalue weighted by atomic mass is 10.1. The van der Waals surface area contributed by atoms with Crippen molar-refractivity contribution in [2.45, 2.75) is 19.3 Å².